The van der Waals surface area contributed by atoms with Gasteiger partial charge >= 0.3 is 6.55 Å². The van der Waals surface area contributed by atoms with Crippen molar-refractivity contribution in [1.29, 1.82) is 5.26 Å². The number of anilines is 1. The van der Waals surface area contributed by atoms with Crippen LogP contribution in [0, 0.1) is 11.3 Å². The highest BCUT2D eigenvalue weighted by Gasteiger charge is 2.35. The quantitative estimate of drug-likeness (QED) is 0.415. The maximum atomic E-state index is 14.7. The highest BCUT2D eigenvalue weighted by atomic mass is 19.3. The number of hydrazone groups is 1. The molecule has 1 amide bonds. The third-order valence-electron chi connectivity index (χ3n) is 5.78. The Morgan fingerprint density at radius 3 is 2.81 bits per heavy atom. The molecule has 0 aliphatic carbocycles. The Bertz CT molecular complexity index is 1200. The van der Waals surface area contributed by atoms with E-state index >= 15 is 0 Å². The van der Waals surface area contributed by atoms with Crippen LogP contribution in [0.15, 0.2) is 29.6 Å². The van der Waals surface area contributed by atoms with Gasteiger partial charge in [0.1, 0.15) is 24.3 Å². The van der Waals surface area contributed by atoms with E-state index in [-0.39, 0.29) is 49.1 Å². The lowest BCUT2D eigenvalue weighted by Gasteiger charge is -2.35. The number of amides is 1. The number of rotatable bonds is 8. The van der Waals surface area contributed by atoms with Crippen LogP contribution in [0.5, 0.6) is 5.75 Å². The Hall–Kier alpha value is -4.03. The summed E-state index contributed by atoms with van der Waals surface area (Å²) in [5.41, 5.74) is 0.545. The molecule has 3 N–H and O–H groups in total. The molecule has 0 saturated carbocycles. The summed E-state index contributed by atoms with van der Waals surface area (Å²) in [6, 6.07) is 5.99. The second-order valence-corrected chi connectivity index (χ2v) is 8.31. The zero-order valence-corrected chi connectivity index (χ0v) is 19.3. The summed E-state index contributed by atoms with van der Waals surface area (Å²) in [6.45, 7) is -3.74. The lowest BCUT2D eigenvalue weighted by molar-refractivity contribution is -0.146. The summed E-state index contributed by atoms with van der Waals surface area (Å²) in [5.74, 6) is -0.290. The van der Waals surface area contributed by atoms with Crippen LogP contribution in [0.4, 0.5) is 19.1 Å². The molecule has 4 atom stereocenters. The fourth-order valence-electron chi connectivity index (χ4n) is 3.87. The van der Waals surface area contributed by atoms with Gasteiger partial charge in [0.15, 0.2) is 18.1 Å². The number of carbonyl (C=O) groups excluding carboxylic acids is 1. The number of halogens is 3. The summed E-state index contributed by atoms with van der Waals surface area (Å²) in [4.78, 5) is 25.5. The van der Waals surface area contributed by atoms with Gasteiger partial charge < -0.3 is 25.2 Å². The highest BCUT2D eigenvalue weighted by Crippen LogP contribution is 2.28. The van der Waals surface area contributed by atoms with Crippen molar-refractivity contribution in [2.24, 2.45) is 5.10 Å². The first-order chi connectivity index (χ1) is 17.8. The third kappa shape index (κ3) is 6.04. The second-order valence-electron chi connectivity index (χ2n) is 8.31. The summed E-state index contributed by atoms with van der Waals surface area (Å²) >= 11 is 0. The summed E-state index contributed by atoms with van der Waals surface area (Å²) in [7, 11) is 0. The monoisotopic (exact) mass is 520 g/mol. The van der Waals surface area contributed by atoms with Crippen LogP contribution in [-0.4, -0.2) is 104 Å². The molecule has 0 spiro atoms. The Balaban J connectivity index is 1.42. The predicted octanol–water partition coefficient (Wildman–Crippen LogP) is 0.386. The van der Waals surface area contributed by atoms with Crippen molar-refractivity contribution in [2.45, 2.75) is 37.4 Å². The van der Waals surface area contributed by atoms with Crippen molar-refractivity contribution in [3.05, 3.63) is 30.1 Å². The fraction of sp³-hybridized carbons (Fsp3) is 0.455. The zero-order valence-electron chi connectivity index (χ0n) is 19.3. The van der Waals surface area contributed by atoms with E-state index in [0.29, 0.717) is 10.6 Å². The second kappa shape index (κ2) is 11.4. The molecule has 1 aromatic heterocycles. The smallest absolute Gasteiger partial charge is 0.329 e. The molecular weight excluding hydrogens is 497 g/mol. The molecule has 2 aliphatic heterocycles. The van der Waals surface area contributed by atoms with Crippen molar-refractivity contribution in [3.8, 4) is 23.2 Å². The molecule has 1 fully saturated rings. The maximum Gasteiger partial charge on any atom is 0.329 e. The minimum atomic E-state index is -2.72. The predicted molar refractivity (Wildman–Crippen MR) is 122 cm³/mol. The number of piperidine rings is 1. The molecule has 1 saturated heterocycles. The number of nitrogens with one attached hydrogen (secondary N) is 1. The SMILES string of the molecule is N#Cc1cc(-c2ncnc(NC3C=NN(C(F)F)C3)n2)ccc1O[C@H]1CCN(C(=O)[C@@H](O)CO)C[C@H]1F. The molecule has 37 heavy (non-hydrogen) atoms. The number of nitriles is 1. The van der Waals surface area contributed by atoms with Gasteiger partial charge in [0.05, 0.1) is 31.3 Å². The average Bonchev–Trinajstić information content (AvgIpc) is 3.38. The molecule has 1 aromatic carbocycles. The Labute approximate surface area is 209 Å². The minimum absolute atomic E-state index is 0.0615. The van der Waals surface area contributed by atoms with E-state index < -0.39 is 43.5 Å². The first-order valence-electron chi connectivity index (χ1n) is 11.3. The number of hydrogen-bond donors (Lipinski definition) is 3. The lowest BCUT2D eigenvalue weighted by atomic mass is 10.0. The van der Waals surface area contributed by atoms with E-state index in [1.54, 1.807) is 6.07 Å². The van der Waals surface area contributed by atoms with Gasteiger partial charge in [-0.2, -0.15) is 24.1 Å². The van der Waals surface area contributed by atoms with Crippen LogP contribution >= 0.6 is 0 Å². The van der Waals surface area contributed by atoms with E-state index in [4.69, 9.17) is 9.84 Å². The van der Waals surface area contributed by atoms with Gasteiger partial charge in [-0.25, -0.2) is 19.4 Å². The molecule has 4 rings (SSSR count). The molecule has 196 valence electrons. The molecule has 0 bridgehead atoms. The van der Waals surface area contributed by atoms with E-state index in [0.717, 1.165) is 4.90 Å². The summed E-state index contributed by atoms with van der Waals surface area (Å²) in [5, 5.41) is 35.2. The van der Waals surface area contributed by atoms with Crippen LogP contribution in [0.3, 0.4) is 0 Å². The summed E-state index contributed by atoms with van der Waals surface area (Å²) in [6.07, 6.45) is -1.44. The number of nitrogens with zero attached hydrogens (tertiary/aromatic N) is 7. The molecule has 12 nitrogen and oxygen atoms in total. The first kappa shape index (κ1) is 26.0. The van der Waals surface area contributed by atoms with Crippen molar-refractivity contribution in [2.75, 3.05) is 31.6 Å². The maximum absolute atomic E-state index is 14.7. The highest BCUT2D eigenvalue weighted by molar-refractivity contribution is 5.81. The third-order valence-corrected chi connectivity index (χ3v) is 5.78. The van der Waals surface area contributed by atoms with Crippen LogP contribution in [0.1, 0.15) is 12.0 Å². The van der Waals surface area contributed by atoms with E-state index in [9.17, 15) is 28.3 Å². The molecule has 3 heterocycles. The Kier molecular flexibility index (Phi) is 7.99. The zero-order chi connectivity index (χ0) is 26.5. The molecule has 2 aliphatic rings. The van der Waals surface area contributed by atoms with Crippen molar-refractivity contribution >= 4 is 18.1 Å². The molecule has 0 radical (unpaired) electrons. The molecule has 1 unspecified atom stereocenters. The lowest BCUT2D eigenvalue weighted by Crippen LogP contribution is -2.52. The normalized spacial score (nSPS) is 22.1. The topological polar surface area (TPSA) is 160 Å². The van der Waals surface area contributed by atoms with E-state index in [1.807, 2.05) is 6.07 Å². The van der Waals surface area contributed by atoms with Gasteiger partial charge in [-0.15, -0.1) is 0 Å². The Morgan fingerprint density at radius 2 is 2.14 bits per heavy atom. The van der Waals surface area contributed by atoms with Crippen LogP contribution in [-0.2, 0) is 4.79 Å². The first-order valence-corrected chi connectivity index (χ1v) is 11.3. The number of likely N-dealkylation sites (tertiary alicyclic amines) is 1. The van der Waals surface area contributed by atoms with Crippen molar-refractivity contribution in [1.82, 2.24) is 24.9 Å². The van der Waals surface area contributed by atoms with E-state index in [2.05, 4.69) is 25.4 Å². The number of carbonyl (C=O) groups is 1. The van der Waals surface area contributed by atoms with Gasteiger partial charge in [0.2, 0.25) is 5.95 Å². The largest absolute Gasteiger partial charge is 0.486 e. The number of ether oxygens (including phenoxy) is 1. The molecular formula is C22H23F3N8O4. The standard InChI is InChI=1S/C22H23F3N8O4/c23-15-9-32(20(36)16(35)10-34)4-3-18(15)37-17-2-1-12(5-13(17)6-26)19-27-11-28-22(31-19)30-14-7-29-33(8-14)21(24)25/h1-2,5,7,11,14-16,18,21,34-35H,3-4,8-10H2,(H,27,28,30,31)/t14?,15-,16+,18+/m1/s1. The number of hydrogen-bond acceptors (Lipinski definition) is 11. The van der Waals surface area contributed by atoms with Crippen molar-refractivity contribution < 1.29 is 32.9 Å². The minimum Gasteiger partial charge on any atom is -0.486 e. The van der Waals surface area contributed by atoms with E-state index in [1.165, 1.54) is 24.7 Å². The molecule has 15 heteroatoms. The van der Waals surface area contributed by atoms with Gasteiger partial charge in [0.25, 0.3) is 5.91 Å². The number of alkyl halides is 3. The number of aromatic nitrogens is 3. The molecule has 2 aromatic rings. The van der Waals surface area contributed by atoms with Crippen molar-refractivity contribution in [3.63, 3.8) is 0 Å². The van der Waals surface area contributed by atoms with Gasteiger partial charge in [-0.05, 0) is 18.2 Å². The summed E-state index contributed by atoms with van der Waals surface area (Å²) < 4.78 is 46.0. The van der Waals surface area contributed by atoms with Crippen LogP contribution in [0.2, 0.25) is 0 Å². The Morgan fingerprint density at radius 1 is 1.32 bits per heavy atom. The average molecular weight is 520 g/mol. The number of aliphatic hydroxyl groups is 2. The van der Waals surface area contributed by atoms with Crippen LogP contribution < -0.4 is 10.1 Å². The van der Waals surface area contributed by atoms with Crippen LogP contribution in [0.25, 0.3) is 11.4 Å². The number of aliphatic hydroxyl groups excluding tert-OH is 2. The number of benzene rings is 1. The van der Waals surface area contributed by atoms with Gasteiger partial charge in [-0.1, -0.05) is 0 Å². The van der Waals surface area contributed by atoms with Gasteiger partial charge in [0, 0.05) is 24.7 Å². The fourth-order valence-corrected chi connectivity index (χ4v) is 3.87. The van der Waals surface area contributed by atoms with Gasteiger partial charge in [-0.3, -0.25) is 4.79 Å².